The van der Waals surface area contributed by atoms with Gasteiger partial charge in [0, 0.05) is 12.1 Å². The minimum Gasteiger partial charge on any atom is -0.489 e. The average Bonchev–Trinajstić information content (AvgIpc) is 3.10. The van der Waals surface area contributed by atoms with Crippen molar-refractivity contribution in [3.8, 4) is 17.5 Å². The van der Waals surface area contributed by atoms with Crippen molar-refractivity contribution < 1.29 is 19.0 Å². The van der Waals surface area contributed by atoms with Gasteiger partial charge in [0.05, 0.1) is 18.9 Å². The molecule has 1 aromatic heterocycles. The number of aromatic amines is 1. The summed E-state index contributed by atoms with van der Waals surface area (Å²) in [5, 5.41) is 12.3. The van der Waals surface area contributed by atoms with Crippen molar-refractivity contribution in [3.63, 3.8) is 0 Å². The number of ether oxygens (including phenoxy) is 2. The quantitative estimate of drug-likeness (QED) is 0.626. The minimum atomic E-state index is -0.387. The van der Waals surface area contributed by atoms with Gasteiger partial charge >= 0.3 is 5.97 Å². The summed E-state index contributed by atoms with van der Waals surface area (Å²) in [5.74, 6) is 0.189. The molecule has 0 aliphatic rings. The van der Waals surface area contributed by atoms with E-state index >= 15 is 0 Å². The zero-order chi connectivity index (χ0) is 17.5. The number of benzene rings is 1. The van der Waals surface area contributed by atoms with Gasteiger partial charge < -0.3 is 9.47 Å². The first-order valence-electron chi connectivity index (χ1n) is 8.11. The highest BCUT2D eigenvalue weighted by atomic mass is 16.5. The van der Waals surface area contributed by atoms with Crippen LogP contribution in [0.25, 0.3) is 5.69 Å². The zero-order valence-electron chi connectivity index (χ0n) is 14.2. The summed E-state index contributed by atoms with van der Waals surface area (Å²) in [7, 11) is 0. The maximum absolute atomic E-state index is 11.7. The van der Waals surface area contributed by atoms with E-state index in [1.165, 1.54) is 0 Å². The Morgan fingerprint density at radius 3 is 2.71 bits per heavy atom. The van der Waals surface area contributed by atoms with Crippen molar-refractivity contribution >= 4 is 5.97 Å². The van der Waals surface area contributed by atoms with E-state index in [9.17, 15) is 10.1 Å². The molecule has 6 nitrogen and oxygen atoms in total. The fraction of sp³-hybridized carbons (Fsp3) is 0.389. The summed E-state index contributed by atoms with van der Waals surface area (Å²) in [6.07, 6.45) is 5.07. The summed E-state index contributed by atoms with van der Waals surface area (Å²) in [6, 6.07) is 7.51. The zero-order valence-corrected chi connectivity index (χ0v) is 14.2. The molecule has 0 aliphatic carbocycles. The fourth-order valence-corrected chi connectivity index (χ4v) is 2.32. The number of aromatic nitrogens is 2. The number of nitrogens with one attached hydrogen (secondary N) is 1. The van der Waals surface area contributed by atoms with Gasteiger partial charge in [-0.05, 0) is 25.8 Å². The van der Waals surface area contributed by atoms with Crippen LogP contribution < -0.4 is 9.42 Å². The molecule has 0 saturated carbocycles. The smallest absolute Gasteiger partial charge is 0.346 e. The lowest BCUT2D eigenvalue weighted by Crippen LogP contribution is -2.31. The van der Waals surface area contributed by atoms with E-state index < -0.39 is 0 Å². The molecule has 1 N–H and O–H groups in total. The number of nitrogens with zero attached hydrogens (tertiary/aromatic N) is 2. The Bertz CT molecular complexity index is 742. The Morgan fingerprint density at radius 1 is 1.33 bits per heavy atom. The van der Waals surface area contributed by atoms with E-state index in [2.05, 4.69) is 25.0 Å². The van der Waals surface area contributed by atoms with Gasteiger partial charge in [0.15, 0.2) is 0 Å². The topological polar surface area (TPSA) is 79.0 Å². The van der Waals surface area contributed by atoms with Gasteiger partial charge in [0.1, 0.15) is 22.9 Å². The van der Waals surface area contributed by atoms with Crippen molar-refractivity contribution in [2.75, 3.05) is 6.61 Å². The Balaban J connectivity index is 2.26. The first kappa shape index (κ1) is 17.5. The monoisotopic (exact) mass is 328 g/mol. The molecule has 0 saturated heterocycles. The van der Waals surface area contributed by atoms with Crippen molar-refractivity contribution in [2.45, 2.75) is 39.7 Å². The Morgan fingerprint density at radius 2 is 2.08 bits per heavy atom. The molecule has 6 heteroatoms. The lowest BCUT2D eigenvalue weighted by atomic mass is 10.1. The van der Waals surface area contributed by atoms with Crippen LogP contribution in [0, 0.1) is 11.3 Å². The predicted molar refractivity (Wildman–Crippen MR) is 88.0 cm³/mol. The number of hydrogen-bond donors (Lipinski definition) is 1. The molecule has 0 atom stereocenters. The number of hydrogen-bond acceptors (Lipinski definition) is 4. The van der Waals surface area contributed by atoms with Crippen molar-refractivity contribution in [3.05, 3.63) is 41.7 Å². The molecule has 1 aromatic carbocycles. The lowest BCUT2D eigenvalue weighted by molar-refractivity contribution is -0.655. The first-order chi connectivity index (χ1) is 11.6. The molecule has 0 aliphatic heterocycles. The van der Waals surface area contributed by atoms with Gasteiger partial charge in [0.2, 0.25) is 11.9 Å². The normalized spacial score (nSPS) is 10.5. The van der Waals surface area contributed by atoms with Crippen LogP contribution >= 0.6 is 0 Å². The Hall–Kier alpha value is -2.81. The van der Waals surface area contributed by atoms with E-state index in [1.807, 2.05) is 6.07 Å². The standard InChI is InChI=1S/C18H21N3O3/c1-4-16(5-2)24-17-8-7-15(9-13(17)10-19)21-12-14(11-20-21)18(22)23-6-3/h7-9,11-12,16H,4-6H2,1-3H3/p+1. The third-order valence-electron chi connectivity index (χ3n) is 3.70. The average molecular weight is 328 g/mol. The Labute approximate surface area is 141 Å². The van der Waals surface area contributed by atoms with Crippen LogP contribution in [0.2, 0.25) is 0 Å². The van der Waals surface area contributed by atoms with Crippen LogP contribution in [0.15, 0.2) is 30.6 Å². The van der Waals surface area contributed by atoms with Crippen LogP contribution in [-0.2, 0) is 4.74 Å². The van der Waals surface area contributed by atoms with E-state index in [0.717, 1.165) is 18.5 Å². The number of rotatable bonds is 7. The molecular weight excluding hydrogens is 306 g/mol. The molecule has 0 spiro atoms. The number of carbonyl (C=O) groups is 1. The van der Waals surface area contributed by atoms with Crippen molar-refractivity contribution in [2.24, 2.45) is 0 Å². The molecule has 2 rings (SSSR count). The van der Waals surface area contributed by atoms with Crippen LogP contribution in [0.4, 0.5) is 0 Å². The summed E-state index contributed by atoms with van der Waals surface area (Å²) < 4.78 is 12.5. The molecule has 0 amide bonds. The summed E-state index contributed by atoms with van der Waals surface area (Å²) in [4.78, 5) is 11.7. The summed E-state index contributed by atoms with van der Waals surface area (Å²) >= 11 is 0. The summed E-state index contributed by atoms with van der Waals surface area (Å²) in [6.45, 7) is 6.20. The highest BCUT2D eigenvalue weighted by Gasteiger charge is 2.19. The fourth-order valence-electron chi connectivity index (χ4n) is 2.32. The van der Waals surface area contributed by atoms with Crippen LogP contribution in [0.1, 0.15) is 49.5 Å². The molecule has 0 radical (unpaired) electrons. The van der Waals surface area contributed by atoms with Crippen LogP contribution in [0.3, 0.4) is 0 Å². The Kier molecular flexibility index (Phi) is 5.96. The minimum absolute atomic E-state index is 0.0940. The van der Waals surface area contributed by atoms with E-state index in [-0.39, 0.29) is 12.1 Å². The molecule has 2 aromatic rings. The maximum atomic E-state index is 11.7. The molecule has 0 fully saturated rings. The lowest BCUT2D eigenvalue weighted by Gasteiger charge is -2.16. The number of esters is 1. The van der Waals surface area contributed by atoms with Gasteiger partial charge in [-0.1, -0.05) is 18.5 Å². The molecular formula is C18H22N3O3+. The van der Waals surface area contributed by atoms with Crippen LogP contribution in [-0.4, -0.2) is 23.8 Å². The maximum Gasteiger partial charge on any atom is 0.346 e. The SMILES string of the molecule is CCOC(=O)c1c[nH][n+](-c2ccc(OC(CC)CC)c(C#N)c2)c1. The molecule has 1 heterocycles. The first-order valence-corrected chi connectivity index (χ1v) is 8.11. The second-order valence-electron chi connectivity index (χ2n) is 5.30. The second kappa shape index (κ2) is 8.16. The summed E-state index contributed by atoms with van der Waals surface area (Å²) in [5.41, 5.74) is 1.62. The number of H-pyrrole nitrogens is 1. The highest BCUT2D eigenvalue weighted by molar-refractivity contribution is 5.88. The van der Waals surface area contributed by atoms with Gasteiger partial charge in [-0.15, -0.1) is 0 Å². The third-order valence-corrected chi connectivity index (χ3v) is 3.70. The van der Waals surface area contributed by atoms with E-state index in [4.69, 9.17) is 9.47 Å². The van der Waals surface area contributed by atoms with Crippen molar-refractivity contribution in [1.82, 2.24) is 5.10 Å². The largest absolute Gasteiger partial charge is 0.489 e. The molecule has 126 valence electrons. The van der Waals surface area contributed by atoms with Gasteiger partial charge in [-0.2, -0.15) is 10.4 Å². The van der Waals surface area contributed by atoms with E-state index in [1.54, 1.807) is 36.1 Å². The van der Waals surface area contributed by atoms with E-state index in [0.29, 0.717) is 23.5 Å². The van der Waals surface area contributed by atoms with Crippen molar-refractivity contribution in [1.29, 1.82) is 5.26 Å². The second-order valence-corrected chi connectivity index (χ2v) is 5.30. The number of carbonyl (C=O) groups excluding carboxylic acids is 1. The van der Waals surface area contributed by atoms with Crippen LogP contribution in [0.5, 0.6) is 5.75 Å². The predicted octanol–water partition coefficient (Wildman–Crippen LogP) is 2.91. The molecule has 24 heavy (non-hydrogen) atoms. The molecule has 0 bridgehead atoms. The number of nitriles is 1. The van der Waals surface area contributed by atoms with Gasteiger partial charge in [-0.3, -0.25) is 0 Å². The van der Waals surface area contributed by atoms with Gasteiger partial charge in [0.25, 0.3) is 0 Å². The third kappa shape index (κ3) is 3.93. The highest BCUT2D eigenvalue weighted by Crippen LogP contribution is 2.22. The van der Waals surface area contributed by atoms with Gasteiger partial charge in [-0.25, -0.2) is 4.79 Å². The molecule has 0 unspecified atom stereocenters.